The summed E-state index contributed by atoms with van der Waals surface area (Å²) in [5, 5.41) is 2.96. The van der Waals surface area contributed by atoms with Crippen LogP contribution in [-0.4, -0.2) is 32.1 Å². The van der Waals surface area contributed by atoms with Crippen LogP contribution in [0, 0.1) is 13.8 Å². The van der Waals surface area contributed by atoms with E-state index in [1.165, 1.54) is 29.7 Å². The molecule has 1 amide bonds. The van der Waals surface area contributed by atoms with Crippen molar-refractivity contribution in [2.45, 2.75) is 33.1 Å². The topological polar surface area (TPSA) is 41.6 Å². The van der Waals surface area contributed by atoms with E-state index in [2.05, 4.69) is 34.5 Å². The zero-order valence-electron chi connectivity index (χ0n) is 15.8. The monoisotopic (exact) mass is 352 g/mol. The van der Waals surface area contributed by atoms with Gasteiger partial charge in [0, 0.05) is 25.3 Å². The van der Waals surface area contributed by atoms with E-state index < -0.39 is 0 Å². The average molecular weight is 352 g/mol. The number of hydrogen-bond acceptors (Lipinski definition) is 3. The first-order chi connectivity index (χ1) is 12.6. The van der Waals surface area contributed by atoms with Gasteiger partial charge in [0.05, 0.1) is 0 Å². The van der Waals surface area contributed by atoms with Gasteiger partial charge in [-0.15, -0.1) is 0 Å². The van der Waals surface area contributed by atoms with E-state index in [9.17, 15) is 4.79 Å². The van der Waals surface area contributed by atoms with Crippen molar-refractivity contribution in [1.82, 2.24) is 5.32 Å². The van der Waals surface area contributed by atoms with E-state index in [1.54, 1.807) is 0 Å². The Morgan fingerprint density at radius 2 is 2.00 bits per heavy atom. The molecule has 2 aromatic rings. The minimum absolute atomic E-state index is 0.0649. The van der Waals surface area contributed by atoms with Gasteiger partial charge in [0.25, 0.3) is 5.91 Å². The van der Waals surface area contributed by atoms with Gasteiger partial charge in [0.15, 0.2) is 6.61 Å². The summed E-state index contributed by atoms with van der Waals surface area (Å²) >= 11 is 0. The molecule has 0 aliphatic carbocycles. The van der Waals surface area contributed by atoms with Crippen LogP contribution in [0.1, 0.15) is 29.5 Å². The molecule has 0 fully saturated rings. The van der Waals surface area contributed by atoms with Crippen LogP contribution in [0.25, 0.3) is 0 Å². The Kier molecular flexibility index (Phi) is 6.16. The third-order valence-corrected chi connectivity index (χ3v) is 5.05. The number of amides is 1. The van der Waals surface area contributed by atoms with E-state index in [0.29, 0.717) is 6.54 Å². The largest absolute Gasteiger partial charge is 0.483 e. The van der Waals surface area contributed by atoms with Gasteiger partial charge in [-0.05, 0) is 61.9 Å². The van der Waals surface area contributed by atoms with Crippen LogP contribution < -0.4 is 15.0 Å². The van der Waals surface area contributed by atoms with E-state index in [-0.39, 0.29) is 12.5 Å². The summed E-state index contributed by atoms with van der Waals surface area (Å²) in [6.45, 7) is 6.86. The van der Waals surface area contributed by atoms with Crippen LogP contribution in [0.5, 0.6) is 5.75 Å². The van der Waals surface area contributed by atoms with Gasteiger partial charge in [-0.1, -0.05) is 30.3 Å². The molecule has 26 heavy (non-hydrogen) atoms. The van der Waals surface area contributed by atoms with E-state index >= 15 is 0 Å². The highest BCUT2D eigenvalue weighted by Gasteiger charge is 2.15. The molecule has 0 atom stereocenters. The van der Waals surface area contributed by atoms with Gasteiger partial charge in [0.1, 0.15) is 5.75 Å². The third-order valence-electron chi connectivity index (χ3n) is 5.05. The molecule has 1 heterocycles. The number of fused-ring (bicyclic) bond motifs is 1. The predicted molar refractivity (Wildman–Crippen MR) is 106 cm³/mol. The summed E-state index contributed by atoms with van der Waals surface area (Å²) in [7, 11) is 0. The molecule has 1 N–H and O–H groups in total. The molecule has 0 bridgehead atoms. The maximum atomic E-state index is 12.0. The zero-order chi connectivity index (χ0) is 18.4. The highest BCUT2D eigenvalue weighted by Crippen LogP contribution is 2.26. The number of carbonyl (C=O) groups is 1. The van der Waals surface area contributed by atoms with Gasteiger partial charge >= 0.3 is 0 Å². The fourth-order valence-corrected chi connectivity index (χ4v) is 3.42. The maximum Gasteiger partial charge on any atom is 0.257 e. The van der Waals surface area contributed by atoms with Gasteiger partial charge in [0.2, 0.25) is 0 Å². The lowest BCUT2D eigenvalue weighted by Gasteiger charge is -2.31. The standard InChI is InChI=1S/C22H28N2O2/c1-17-8-5-12-21(18(17)2)26-16-22(25)23-13-7-15-24-14-6-10-19-9-3-4-11-20(19)24/h3-5,8-9,11-12H,6-7,10,13-16H2,1-2H3,(H,23,25). The number of para-hydroxylation sites is 1. The maximum absolute atomic E-state index is 12.0. The van der Waals surface area contributed by atoms with E-state index in [1.807, 2.05) is 32.0 Å². The normalized spacial score (nSPS) is 13.2. The molecule has 1 aliphatic rings. The lowest BCUT2D eigenvalue weighted by atomic mass is 10.0. The van der Waals surface area contributed by atoms with Crippen molar-refractivity contribution in [3.8, 4) is 5.75 Å². The molecule has 1 aliphatic heterocycles. The quantitative estimate of drug-likeness (QED) is 0.774. The molecule has 4 nitrogen and oxygen atoms in total. The summed E-state index contributed by atoms with van der Waals surface area (Å²) in [5.41, 5.74) is 5.04. The Labute approximate surface area is 156 Å². The zero-order valence-corrected chi connectivity index (χ0v) is 15.8. The fourth-order valence-electron chi connectivity index (χ4n) is 3.42. The van der Waals surface area contributed by atoms with Crippen molar-refractivity contribution in [1.29, 1.82) is 0 Å². The highest BCUT2D eigenvalue weighted by atomic mass is 16.5. The summed E-state index contributed by atoms with van der Waals surface area (Å²) in [6, 6.07) is 14.5. The SMILES string of the molecule is Cc1cccc(OCC(=O)NCCCN2CCCc3ccccc32)c1C. The molecule has 0 saturated heterocycles. The number of carbonyl (C=O) groups excluding carboxylic acids is 1. The first-order valence-corrected chi connectivity index (χ1v) is 9.44. The molecule has 0 spiro atoms. The molecule has 3 rings (SSSR count). The number of hydrogen-bond donors (Lipinski definition) is 1. The minimum Gasteiger partial charge on any atom is -0.483 e. The molecular weight excluding hydrogens is 324 g/mol. The van der Waals surface area contributed by atoms with E-state index in [0.717, 1.165) is 30.8 Å². The van der Waals surface area contributed by atoms with Crippen molar-refractivity contribution < 1.29 is 9.53 Å². The van der Waals surface area contributed by atoms with Crippen molar-refractivity contribution in [3.63, 3.8) is 0 Å². The summed E-state index contributed by atoms with van der Waals surface area (Å²) in [6.07, 6.45) is 3.30. The lowest BCUT2D eigenvalue weighted by molar-refractivity contribution is -0.123. The number of nitrogens with zero attached hydrogens (tertiary/aromatic N) is 1. The molecule has 0 radical (unpaired) electrons. The molecule has 4 heteroatoms. The van der Waals surface area contributed by atoms with Crippen molar-refractivity contribution >= 4 is 11.6 Å². The Hall–Kier alpha value is -2.49. The summed E-state index contributed by atoms with van der Waals surface area (Å²) < 4.78 is 5.65. The average Bonchev–Trinajstić information content (AvgIpc) is 2.66. The molecular formula is C22H28N2O2. The smallest absolute Gasteiger partial charge is 0.257 e. The Balaban J connectivity index is 1.39. The number of ether oxygens (including phenoxy) is 1. The van der Waals surface area contributed by atoms with Crippen LogP contribution in [0.3, 0.4) is 0 Å². The second-order valence-electron chi connectivity index (χ2n) is 6.91. The predicted octanol–water partition coefficient (Wildman–Crippen LogP) is 3.64. The van der Waals surface area contributed by atoms with E-state index in [4.69, 9.17) is 4.74 Å². The number of benzene rings is 2. The highest BCUT2D eigenvalue weighted by molar-refractivity contribution is 5.77. The summed E-state index contributed by atoms with van der Waals surface area (Å²) in [5.74, 6) is 0.718. The van der Waals surface area contributed by atoms with Gasteiger partial charge in [-0.2, -0.15) is 0 Å². The third kappa shape index (κ3) is 4.57. The molecule has 2 aromatic carbocycles. The molecule has 138 valence electrons. The first-order valence-electron chi connectivity index (χ1n) is 9.44. The molecule has 0 unspecified atom stereocenters. The van der Waals surface area contributed by atoms with Crippen molar-refractivity contribution in [2.75, 3.05) is 31.1 Å². The molecule has 0 aromatic heterocycles. The number of rotatable bonds is 7. The van der Waals surface area contributed by atoms with Gasteiger partial charge in [-0.3, -0.25) is 4.79 Å². The Morgan fingerprint density at radius 1 is 1.15 bits per heavy atom. The van der Waals surface area contributed by atoms with Crippen LogP contribution in [0.15, 0.2) is 42.5 Å². The molecule has 0 saturated carbocycles. The second kappa shape index (κ2) is 8.75. The van der Waals surface area contributed by atoms with Crippen molar-refractivity contribution in [2.24, 2.45) is 0 Å². The second-order valence-corrected chi connectivity index (χ2v) is 6.91. The first kappa shape index (κ1) is 18.3. The van der Waals surface area contributed by atoms with Crippen LogP contribution in [0.4, 0.5) is 5.69 Å². The van der Waals surface area contributed by atoms with Gasteiger partial charge < -0.3 is 15.0 Å². The van der Waals surface area contributed by atoms with Gasteiger partial charge in [-0.25, -0.2) is 0 Å². The van der Waals surface area contributed by atoms with Crippen molar-refractivity contribution in [3.05, 3.63) is 59.2 Å². The summed E-state index contributed by atoms with van der Waals surface area (Å²) in [4.78, 5) is 14.4. The minimum atomic E-state index is -0.0649. The number of aryl methyl sites for hydroxylation is 2. The number of nitrogens with one attached hydrogen (secondary N) is 1. The lowest BCUT2D eigenvalue weighted by Crippen LogP contribution is -2.34. The van der Waals surface area contributed by atoms with Crippen LogP contribution >= 0.6 is 0 Å². The Morgan fingerprint density at radius 3 is 2.88 bits per heavy atom. The van der Waals surface area contributed by atoms with Crippen LogP contribution in [-0.2, 0) is 11.2 Å². The number of anilines is 1. The fraction of sp³-hybridized carbons (Fsp3) is 0.409. The van der Waals surface area contributed by atoms with Crippen LogP contribution in [0.2, 0.25) is 0 Å². The Bertz CT molecular complexity index is 758.